The van der Waals surface area contributed by atoms with Crippen molar-refractivity contribution in [1.82, 2.24) is 9.80 Å². The number of aliphatic carboxylic acids is 1. The number of quaternary nitrogens is 1. The SMILES string of the molecule is COc1ccc2c(c1)C(c1cccc3ccccc13)OCC(=O)[N@@+]2(CC(C)(C)C)[C@@]1(C(=O)O)NCC[C@@H]1C(C)=O. The first-order chi connectivity index (χ1) is 19.0. The minimum absolute atomic E-state index is 0.139. The molecule has 1 amide bonds. The normalized spacial score (nSPS) is 26.8. The number of nitrogens with zero attached hydrogens (tertiary/aromatic N) is 1. The van der Waals surface area contributed by atoms with Crippen LogP contribution < -0.4 is 14.5 Å². The highest BCUT2D eigenvalue weighted by atomic mass is 16.5. The Morgan fingerprint density at radius 3 is 2.50 bits per heavy atom. The summed E-state index contributed by atoms with van der Waals surface area (Å²) in [6.45, 7) is 7.45. The molecule has 8 nitrogen and oxygen atoms in total. The van der Waals surface area contributed by atoms with Crippen molar-refractivity contribution < 1.29 is 29.0 Å². The molecule has 2 aliphatic heterocycles. The molecule has 0 aromatic heterocycles. The Bertz CT molecular complexity index is 1490. The predicted octanol–water partition coefficient (Wildman–Crippen LogP) is 4.83. The molecule has 210 valence electrons. The van der Waals surface area contributed by atoms with Crippen molar-refractivity contribution in [3.8, 4) is 5.75 Å². The van der Waals surface area contributed by atoms with Crippen LogP contribution in [0.5, 0.6) is 5.75 Å². The molecule has 2 aliphatic rings. The lowest BCUT2D eigenvalue weighted by atomic mass is 9.81. The van der Waals surface area contributed by atoms with E-state index in [4.69, 9.17) is 9.47 Å². The number of carboxylic acids is 1. The molecule has 0 radical (unpaired) electrons. The number of hydrogen-bond acceptors (Lipinski definition) is 6. The lowest BCUT2D eigenvalue weighted by Gasteiger charge is -2.50. The summed E-state index contributed by atoms with van der Waals surface area (Å²) in [6, 6.07) is 19.3. The standard InChI is InChI=1S/C32H36N2O6/c1-20(35)26-15-16-33-32(26,30(37)38)34(19-31(2,3)4)27-14-13-22(39-5)17-25(27)29(40-18-28(34)36)24-12-8-10-21-9-6-7-11-23(21)24/h6-14,17,26,29,33H,15-16,18-19H2,1-5H3/p+1/t26-,29?,32+,34+/m1/s1. The summed E-state index contributed by atoms with van der Waals surface area (Å²) >= 11 is 0. The molecule has 2 N–H and O–H groups in total. The van der Waals surface area contributed by atoms with E-state index in [1.165, 1.54) is 6.92 Å². The Morgan fingerprint density at radius 1 is 1.10 bits per heavy atom. The van der Waals surface area contributed by atoms with Gasteiger partial charge in [0.25, 0.3) is 5.66 Å². The summed E-state index contributed by atoms with van der Waals surface area (Å²) in [7, 11) is 1.57. The van der Waals surface area contributed by atoms with E-state index < -0.39 is 39.5 Å². The summed E-state index contributed by atoms with van der Waals surface area (Å²) in [5, 5.41) is 16.2. The van der Waals surface area contributed by atoms with E-state index in [1.807, 2.05) is 69.3 Å². The van der Waals surface area contributed by atoms with E-state index in [9.17, 15) is 19.5 Å². The molecule has 3 aromatic rings. The van der Waals surface area contributed by atoms with E-state index >= 15 is 0 Å². The van der Waals surface area contributed by atoms with E-state index in [2.05, 4.69) is 5.32 Å². The number of methoxy groups -OCH3 is 1. The fourth-order valence-corrected chi connectivity index (χ4v) is 6.86. The summed E-state index contributed by atoms with van der Waals surface area (Å²) in [6.07, 6.45) is -0.360. The number of nitrogens with one attached hydrogen (secondary N) is 1. The predicted molar refractivity (Wildman–Crippen MR) is 153 cm³/mol. The summed E-state index contributed by atoms with van der Waals surface area (Å²) < 4.78 is 11.5. The van der Waals surface area contributed by atoms with Gasteiger partial charge in [0.05, 0.1) is 19.2 Å². The first kappa shape index (κ1) is 28.0. The molecule has 40 heavy (non-hydrogen) atoms. The van der Waals surface area contributed by atoms with Crippen molar-refractivity contribution >= 4 is 34.1 Å². The molecule has 0 spiro atoms. The lowest BCUT2D eigenvalue weighted by Crippen LogP contribution is -2.81. The van der Waals surface area contributed by atoms with Gasteiger partial charge in [-0.1, -0.05) is 63.2 Å². The molecule has 2 heterocycles. The molecule has 0 aliphatic carbocycles. The number of Topliss-reactive ketones (excluding diaryl/α,β-unsaturated/α-hetero) is 1. The molecular weight excluding hydrogens is 508 g/mol. The molecule has 4 atom stereocenters. The maximum atomic E-state index is 14.6. The number of ketones is 1. The van der Waals surface area contributed by atoms with Gasteiger partial charge in [0.15, 0.2) is 6.61 Å². The van der Waals surface area contributed by atoms with Gasteiger partial charge in [-0.05, 0) is 41.8 Å². The van der Waals surface area contributed by atoms with Crippen LogP contribution in [-0.2, 0) is 19.1 Å². The highest BCUT2D eigenvalue weighted by Gasteiger charge is 2.71. The van der Waals surface area contributed by atoms with Crippen molar-refractivity contribution in [2.24, 2.45) is 11.3 Å². The van der Waals surface area contributed by atoms with E-state index in [0.29, 0.717) is 30.0 Å². The van der Waals surface area contributed by atoms with E-state index in [-0.39, 0.29) is 18.9 Å². The maximum Gasteiger partial charge on any atom is 0.384 e. The van der Waals surface area contributed by atoms with Crippen LogP contribution in [0.3, 0.4) is 0 Å². The largest absolute Gasteiger partial charge is 0.497 e. The van der Waals surface area contributed by atoms with Crippen molar-refractivity contribution in [2.75, 3.05) is 26.8 Å². The number of carboxylic acid groups (broad SMARTS) is 1. The molecule has 1 unspecified atom stereocenters. The molecule has 0 bridgehead atoms. The minimum Gasteiger partial charge on any atom is -0.497 e. The van der Waals surface area contributed by atoms with Gasteiger partial charge in [-0.2, -0.15) is 4.48 Å². The van der Waals surface area contributed by atoms with Gasteiger partial charge in [-0.15, -0.1) is 0 Å². The van der Waals surface area contributed by atoms with Gasteiger partial charge >= 0.3 is 11.9 Å². The summed E-state index contributed by atoms with van der Waals surface area (Å²) in [5.74, 6) is -2.26. The second kappa shape index (κ2) is 10.1. The van der Waals surface area contributed by atoms with Crippen LogP contribution in [-0.4, -0.2) is 55.2 Å². The molecular formula is C32H37N2O6+. The molecule has 0 saturated carbocycles. The quantitative estimate of drug-likeness (QED) is 0.428. The van der Waals surface area contributed by atoms with Crippen LogP contribution in [0, 0.1) is 11.3 Å². The Morgan fingerprint density at radius 2 is 1.82 bits per heavy atom. The average molecular weight is 546 g/mol. The highest BCUT2D eigenvalue weighted by Crippen LogP contribution is 2.51. The number of benzene rings is 3. The number of carbonyl (C=O) groups excluding carboxylic acids is 2. The lowest BCUT2D eigenvalue weighted by molar-refractivity contribution is -0.168. The van der Waals surface area contributed by atoms with Crippen LogP contribution in [0.2, 0.25) is 0 Å². The fourth-order valence-electron chi connectivity index (χ4n) is 6.86. The molecule has 1 saturated heterocycles. The third-order valence-electron chi connectivity index (χ3n) is 8.30. The van der Waals surface area contributed by atoms with Crippen LogP contribution in [0.15, 0.2) is 60.7 Å². The second-order valence-corrected chi connectivity index (χ2v) is 12.1. The number of ether oxygens (including phenoxy) is 2. The zero-order chi connectivity index (χ0) is 28.9. The fraction of sp³-hybridized carbons (Fsp3) is 0.406. The van der Waals surface area contributed by atoms with Crippen LogP contribution >= 0.6 is 0 Å². The van der Waals surface area contributed by atoms with Gasteiger partial charge in [0, 0.05) is 18.0 Å². The average Bonchev–Trinajstić information content (AvgIpc) is 3.34. The highest BCUT2D eigenvalue weighted by molar-refractivity contribution is 6.02. The van der Waals surface area contributed by atoms with Gasteiger partial charge in [0.1, 0.15) is 29.2 Å². The molecule has 8 heteroatoms. The summed E-state index contributed by atoms with van der Waals surface area (Å²) in [4.78, 5) is 41.2. The number of hydrogen-bond donors (Lipinski definition) is 2. The van der Waals surface area contributed by atoms with Crippen LogP contribution in [0.1, 0.15) is 51.3 Å². The number of rotatable bonds is 6. The third-order valence-corrected chi connectivity index (χ3v) is 8.30. The zero-order valence-electron chi connectivity index (χ0n) is 23.7. The summed E-state index contributed by atoms with van der Waals surface area (Å²) in [5.41, 5.74) is -0.402. The molecule has 5 rings (SSSR count). The van der Waals surface area contributed by atoms with Crippen LogP contribution in [0.25, 0.3) is 10.8 Å². The van der Waals surface area contributed by atoms with Gasteiger partial charge in [-0.25, -0.2) is 9.59 Å². The van der Waals surface area contributed by atoms with Crippen LogP contribution in [0.4, 0.5) is 5.69 Å². The van der Waals surface area contributed by atoms with Crippen molar-refractivity contribution in [3.05, 3.63) is 71.8 Å². The molecule has 3 aromatic carbocycles. The maximum absolute atomic E-state index is 14.6. The zero-order valence-corrected chi connectivity index (χ0v) is 23.7. The smallest absolute Gasteiger partial charge is 0.384 e. The van der Waals surface area contributed by atoms with E-state index in [0.717, 1.165) is 16.3 Å². The minimum atomic E-state index is -1.91. The first-order valence-corrected chi connectivity index (χ1v) is 13.6. The Labute approximate surface area is 234 Å². The van der Waals surface area contributed by atoms with Crippen molar-refractivity contribution in [3.63, 3.8) is 0 Å². The van der Waals surface area contributed by atoms with Gasteiger partial charge in [0.2, 0.25) is 0 Å². The Hall–Kier alpha value is -3.59. The van der Waals surface area contributed by atoms with Gasteiger partial charge in [-0.3, -0.25) is 10.1 Å². The second-order valence-electron chi connectivity index (χ2n) is 12.1. The van der Waals surface area contributed by atoms with Gasteiger partial charge < -0.3 is 14.6 Å². The third kappa shape index (κ3) is 4.22. The Balaban J connectivity index is 1.89. The molecule has 1 fully saturated rings. The Kier molecular flexibility index (Phi) is 7.06. The van der Waals surface area contributed by atoms with Crippen molar-refractivity contribution in [1.29, 1.82) is 0 Å². The van der Waals surface area contributed by atoms with Crippen molar-refractivity contribution in [2.45, 2.75) is 45.9 Å². The van der Waals surface area contributed by atoms with E-state index in [1.54, 1.807) is 19.2 Å². The monoisotopic (exact) mass is 545 g/mol. The number of fused-ring (bicyclic) bond motifs is 2. The first-order valence-electron chi connectivity index (χ1n) is 13.6. The topological polar surface area (TPSA) is 102 Å². The number of carbonyl (C=O) groups is 3. The number of amides is 1.